The molecule has 0 atom stereocenters. The molecule has 0 unspecified atom stereocenters. The molecule has 0 saturated carbocycles. The summed E-state index contributed by atoms with van der Waals surface area (Å²) in [4.78, 5) is 17.1. The summed E-state index contributed by atoms with van der Waals surface area (Å²) in [6.07, 6.45) is 1.15. The molecule has 0 fully saturated rings. The molecule has 128 valence electrons. The van der Waals surface area contributed by atoms with Crippen LogP contribution in [0.4, 0.5) is 5.69 Å². The Bertz CT molecular complexity index is 1020. The van der Waals surface area contributed by atoms with Crippen LogP contribution in [0.3, 0.4) is 0 Å². The lowest BCUT2D eigenvalue weighted by Crippen LogP contribution is -2.12. The van der Waals surface area contributed by atoms with E-state index in [0.717, 1.165) is 22.5 Å². The van der Waals surface area contributed by atoms with Gasteiger partial charge in [0.05, 0.1) is 15.6 Å². The van der Waals surface area contributed by atoms with Crippen molar-refractivity contribution in [3.8, 4) is 11.3 Å². The lowest BCUT2D eigenvalue weighted by Gasteiger charge is -2.07. The number of benzene rings is 2. The predicted molar refractivity (Wildman–Crippen MR) is 99.8 cm³/mol. The normalized spacial score (nSPS) is 11.3. The summed E-state index contributed by atoms with van der Waals surface area (Å²) in [6, 6.07) is 13.3. The van der Waals surface area contributed by atoms with Gasteiger partial charge in [-0.05, 0) is 43.3 Å². The van der Waals surface area contributed by atoms with Crippen LogP contribution in [0.2, 0.25) is 0 Å². The van der Waals surface area contributed by atoms with E-state index in [9.17, 15) is 13.2 Å². The van der Waals surface area contributed by atoms with Gasteiger partial charge < -0.3 is 5.32 Å². The van der Waals surface area contributed by atoms with Crippen molar-refractivity contribution >= 4 is 32.8 Å². The fourth-order valence-corrected chi connectivity index (χ4v) is 3.56. The number of nitrogens with zero attached hydrogens (tertiary/aromatic N) is 1. The van der Waals surface area contributed by atoms with Crippen molar-refractivity contribution in [2.24, 2.45) is 0 Å². The van der Waals surface area contributed by atoms with Crippen LogP contribution >= 0.6 is 11.3 Å². The highest BCUT2D eigenvalue weighted by Gasteiger charge is 2.10. The molecule has 0 spiro atoms. The molecule has 1 heterocycles. The predicted octanol–water partition coefficient (Wildman–Crippen LogP) is 3.77. The summed E-state index contributed by atoms with van der Waals surface area (Å²) >= 11 is 1.56. The second-order valence-corrected chi connectivity index (χ2v) is 8.66. The number of aryl methyl sites for hydroxylation is 1. The van der Waals surface area contributed by atoms with Crippen molar-refractivity contribution in [3.05, 3.63) is 64.5 Å². The van der Waals surface area contributed by atoms with Crippen LogP contribution < -0.4 is 5.32 Å². The van der Waals surface area contributed by atoms with E-state index in [0.29, 0.717) is 11.3 Å². The van der Waals surface area contributed by atoms with Gasteiger partial charge >= 0.3 is 0 Å². The van der Waals surface area contributed by atoms with Gasteiger partial charge in [0.15, 0.2) is 9.84 Å². The van der Waals surface area contributed by atoms with Gasteiger partial charge in [-0.15, -0.1) is 11.3 Å². The standard InChI is InChI=1S/C18H16N2O3S2/c1-12-19-17(11-24-12)13-4-3-5-14(10-13)18(21)20-15-6-8-16(9-7-15)25(2,22)23/h3-11H,1-2H3,(H,20,21). The monoisotopic (exact) mass is 372 g/mol. The highest BCUT2D eigenvalue weighted by Crippen LogP contribution is 2.23. The molecule has 2 aromatic carbocycles. The molecule has 3 aromatic rings. The number of sulfone groups is 1. The molecular formula is C18H16N2O3S2. The zero-order chi connectivity index (χ0) is 18.0. The van der Waals surface area contributed by atoms with Crippen molar-refractivity contribution in [1.82, 2.24) is 4.98 Å². The van der Waals surface area contributed by atoms with Crippen molar-refractivity contribution < 1.29 is 13.2 Å². The van der Waals surface area contributed by atoms with Gasteiger partial charge in [-0.3, -0.25) is 4.79 Å². The van der Waals surface area contributed by atoms with E-state index >= 15 is 0 Å². The molecule has 5 nitrogen and oxygen atoms in total. The van der Waals surface area contributed by atoms with E-state index in [1.54, 1.807) is 35.6 Å². The quantitative estimate of drug-likeness (QED) is 0.756. The van der Waals surface area contributed by atoms with Crippen LogP contribution in [0.25, 0.3) is 11.3 Å². The van der Waals surface area contributed by atoms with Crippen molar-refractivity contribution in [2.45, 2.75) is 11.8 Å². The van der Waals surface area contributed by atoms with E-state index in [1.807, 2.05) is 24.4 Å². The van der Waals surface area contributed by atoms with Crippen molar-refractivity contribution in [1.29, 1.82) is 0 Å². The molecule has 1 aromatic heterocycles. The van der Waals surface area contributed by atoms with Gasteiger partial charge in [-0.25, -0.2) is 13.4 Å². The van der Waals surface area contributed by atoms with Crippen LogP contribution in [0, 0.1) is 6.92 Å². The number of aromatic nitrogens is 1. The first-order valence-corrected chi connectivity index (χ1v) is 10.2. The molecule has 1 amide bonds. The third-order valence-corrected chi connectivity index (χ3v) is 5.48. The Hall–Kier alpha value is -2.51. The maximum Gasteiger partial charge on any atom is 0.255 e. The molecule has 0 saturated heterocycles. The van der Waals surface area contributed by atoms with Gasteiger partial charge in [-0.1, -0.05) is 12.1 Å². The van der Waals surface area contributed by atoms with Crippen LogP contribution in [-0.4, -0.2) is 25.6 Å². The summed E-state index contributed by atoms with van der Waals surface area (Å²) in [5.41, 5.74) is 2.77. The highest BCUT2D eigenvalue weighted by atomic mass is 32.2. The van der Waals surface area contributed by atoms with Gasteiger partial charge in [0.25, 0.3) is 5.91 Å². The van der Waals surface area contributed by atoms with Crippen molar-refractivity contribution in [3.63, 3.8) is 0 Å². The molecule has 0 radical (unpaired) electrons. The van der Waals surface area contributed by atoms with Crippen LogP contribution in [0.5, 0.6) is 0 Å². The number of carbonyl (C=O) groups is 1. The number of hydrogen-bond acceptors (Lipinski definition) is 5. The minimum Gasteiger partial charge on any atom is -0.322 e. The number of nitrogens with one attached hydrogen (secondary N) is 1. The maximum atomic E-state index is 12.4. The topological polar surface area (TPSA) is 76.1 Å². The minimum absolute atomic E-state index is 0.214. The second-order valence-electron chi connectivity index (χ2n) is 5.58. The maximum absolute atomic E-state index is 12.4. The fraction of sp³-hybridized carbons (Fsp3) is 0.111. The molecule has 25 heavy (non-hydrogen) atoms. The molecule has 0 bridgehead atoms. The van der Waals surface area contributed by atoms with E-state index in [1.165, 1.54) is 12.1 Å². The SMILES string of the molecule is Cc1nc(-c2cccc(C(=O)Nc3ccc(S(C)(=O)=O)cc3)c2)cs1. The summed E-state index contributed by atoms with van der Waals surface area (Å²) < 4.78 is 22.9. The Labute approximate surface area is 150 Å². The summed E-state index contributed by atoms with van der Waals surface area (Å²) in [6.45, 7) is 1.94. The number of hydrogen-bond donors (Lipinski definition) is 1. The average Bonchev–Trinajstić information content (AvgIpc) is 3.01. The Balaban J connectivity index is 1.80. The Morgan fingerprint density at radius 1 is 1.12 bits per heavy atom. The largest absolute Gasteiger partial charge is 0.322 e. The van der Waals surface area contributed by atoms with Crippen LogP contribution in [0.15, 0.2) is 58.8 Å². The minimum atomic E-state index is -3.25. The lowest BCUT2D eigenvalue weighted by atomic mass is 10.1. The average molecular weight is 372 g/mol. The second kappa shape index (κ2) is 6.78. The van der Waals surface area contributed by atoms with E-state index < -0.39 is 9.84 Å². The molecule has 1 N–H and O–H groups in total. The summed E-state index contributed by atoms with van der Waals surface area (Å²) in [5, 5.41) is 5.69. The Morgan fingerprint density at radius 2 is 1.84 bits per heavy atom. The first-order chi connectivity index (χ1) is 11.8. The van der Waals surface area contributed by atoms with Crippen LogP contribution in [0.1, 0.15) is 15.4 Å². The van der Waals surface area contributed by atoms with E-state index in [-0.39, 0.29) is 10.8 Å². The molecule has 7 heteroatoms. The van der Waals surface area contributed by atoms with Gasteiger partial charge in [0.1, 0.15) is 0 Å². The lowest BCUT2D eigenvalue weighted by molar-refractivity contribution is 0.102. The number of thiazole rings is 1. The molecule has 3 rings (SSSR count). The van der Waals surface area contributed by atoms with Gasteiger partial charge in [0, 0.05) is 28.5 Å². The third-order valence-electron chi connectivity index (χ3n) is 3.58. The summed E-state index contributed by atoms with van der Waals surface area (Å²) in [7, 11) is -3.25. The molecule has 0 aliphatic carbocycles. The molecular weight excluding hydrogens is 356 g/mol. The fourth-order valence-electron chi connectivity index (χ4n) is 2.30. The van der Waals surface area contributed by atoms with Crippen molar-refractivity contribution in [2.75, 3.05) is 11.6 Å². The van der Waals surface area contributed by atoms with E-state index in [2.05, 4.69) is 10.3 Å². The third kappa shape index (κ3) is 4.12. The van der Waals surface area contributed by atoms with E-state index in [4.69, 9.17) is 0 Å². The number of carbonyl (C=O) groups excluding carboxylic acids is 1. The Morgan fingerprint density at radius 3 is 2.44 bits per heavy atom. The highest BCUT2D eigenvalue weighted by molar-refractivity contribution is 7.90. The molecule has 0 aliphatic rings. The first-order valence-electron chi connectivity index (χ1n) is 7.47. The first kappa shape index (κ1) is 17.3. The number of amides is 1. The Kier molecular flexibility index (Phi) is 4.69. The van der Waals surface area contributed by atoms with Gasteiger partial charge in [-0.2, -0.15) is 0 Å². The smallest absolute Gasteiger partial charge is 0.255 e. The van der Waals surface area contributed by atoms with Crippen LogP contribution in [-0.2, 0) is 9.84 Å². The molecule has 0 aliphatic heterocycles. The zero-order valence-corrected chi connectivity index (χ0v) is 15.3. The number of rotatable bonds is 4. The zero-order valence-electron chi connectivity index (χ0n) is 13.7. The number of anilines is 1. The summed E-state index contributed by atoms with van der Waals surface area (Å²) in [5.74, 6) is -0.263. The van der Waals surface area contributed by atoms with Gasteiger partial charge in [0.2, 0.25) is 0 Å².